The normalized spacial score (nSPS) is 14.3. The van der Waals surface area contributed by atoms with Crippen LogP contribution in [-0.4, -0.2) is 22.2 Å². The molecule has 0 fully saturated rings. The molecule has 0 spiro atoms. The summed E-state index contributed by atoms with van der Waals surface area (Å²) >= 11 is 0. The maximum Gasteiger partial charge on any atom is 0.147 e. The molecular formula is C13H16N2O2. The van der Waals surface area contributed by atoms with E-state index in [-0.39, 0.29) is 0 Å². The Bertz CT molecular complexity index is 465. The van der Waals surface area contributed by atoms with E-state index in [0.717, 1.165) is 11.3 Å². The summed E-state index contributed by atoms with van der Waals surface area (Å²) in [6.45, 7) is 1.92. The van der Waals surface area contributed by atoms with Gasteiger partial charge in [-0.25, -0.2) is 4.98 Å². The molecule has 0 saturated heterocycles. The van der Waals surface area contributed by atoms with Crippen molar-refractivity contribution in [3.05, 3.63) is 48.0 Å². The van der Waals surface area contributed by atoms with Crippen molar-refractivity contribution in [3.63, 3.8) is 0 Å². The lowest BCUT2D eigenvalue weighted by molar-refractivity contribution is 0.0678. The van der Waals surface area contributed by atoms with E-state index in [9.17, 15) is 5.11 Å². The zero-order valence-corrected chi connectivity index (χ0v) is 9.97. The van der Waals surface area contributed by atoms with Gasteiger partial charge in [-0.3, -0.25) is 0 Å². The fourth-order valence-corrected chi connectivity index (χ4v) is 1.87. The van der Waals surface area contributed by atoms with E-state index in [1.54, 1.807) is 19.5 Å². The van der Waals surface area contributed by atoms with Crippen molar-refractivity contribution in [3.8, 4) is 5.75 Å². The van der Waals surface area contributed by atoms with E-state index in [2.05, 4.69) is 9.97 Å². The zero-order valence-electron chi connectivity index (χ0n) is 9.97. The highest BCUT2D eigenvalue weighted by Gasteiger charge is 2.31. The maximum atomic E-state index is 10.7. The highest BCUT2D eigenvalue weighted by Crippen LogP contribution is 2.31. The summed E-state index contributed by atoms with van der Waals surface area (Å²) in [6.07, 6.45) is 3.89. The number of aromatic amines is 1. The van der Waals surface area contributed by atoms with Gasteiger partial charge in [-0.15, -0.1) is 0 Å². The van der Waals surface area contributed by atoms with Gasteiger partial charge >= 0.3 is 0 Å². The first-order valence-electron chi connectivity index (χ1n) is 5.57. The SMILES string of the molecule is CC[C@@](O)(c1ccc(OC)cc1)c1ncc[nH]1. The third-order valence-electron chi connectivity index (χ3n) is 2.97. The maximum absolute atomic E-state index is 10.7. The molecule has 1 atom stereocenters. The average molecular weight is 232 g/mol. The molecule has 2 rings (SSSR count). The molecule has 0 aliphatic heterocycles. The molecule has 1 aromatic heterocycles. The number of aromatic nitrogens is 2. The Morgan fingerprint density at radius 1 is 1.35 bits per heavy atom. The second-order valence-electron chi connectivity index (χ2n) is 3.88. The minimum Gasteiger partial charge on any atom is -0.497 e. The number of hydrogen-bond acceptors (Lipinski definition) is 3. The van der Waals surface area contributed by atoms with Crippen LogP contribution in [0.3, 0.4) is 0 Å². The lowest BCUT2D eigenvalue weighted by atomic mass is 9.90. The summed E-state index contributed by atoms with van der Waals surface area (Å²) in [7, 11) is 1.62. The molecule has 2 aromatic rings. The predicted molar refractivity (Wildman–Crippen MR) is 64.9 cm³/mol. The van der Waals surface area contributed by atoms with Crippen molar-refractivity contribution in [1.29, 1.82) is 0 Å². The number of H-pyrrole nitrogens is 1. The summed E-state index contributed by atoms with van der Waals surface area (Å²) in [5, 5.41) is 10.7. The summed E-state index contributed by atoms with van der Waals surface area (Å²) in [6, 6.07) is 7.37. The second-order valence-corrected chi connectivity index (χ2v) is 3.88. The lowest BCUT2D eigenvalue weighted by Crippen LogP contribution is -2.27. The number of hydrogen-bond donors (Lipinski definition) is 2. The Kier molecular flexibility index (Phi) is 3.15. The quantitative estimate of drug-likeness (QED) is 0.848. The van der Waals surface area contributed by atoms with Gasteiger partial charge in [0.15, 0.2) is 0 Å². The van der Waals surface area contributed by atoms with Crippen molar-refractivity contribution in [2.45, 2.75) is 18.9 Å². The number of nitrogens with zero attached hydrogens (tertiary/aromatic N) is 1. The third-order valence-corrected chi connectivity index (χ3v) is 2.97. The van der Waals surface area contributed by atoms with Crippen molar-refractivity contribution in [1.82, 2.24) is 9.97 Å². The molecule has 0 aliphatic rings. The molecule has 90 valence electrons. The number of aliphatic hydroxyl groups is 1. The largest absolute Gasteiger partial charge is 0.497 e. The first-order valence-corrected chi connectivity index (χ1v) is 5.57. The van der Waals surface area contributed by atoms with Gasteiger partial charge in [-0.2, -0.15) is 0 Å². The highest BCUT2D eigenvalue weighted by molar-refractivity contribution is 5.34. The van der Waals surface area contributed by atoms with Crippen LogP contribution in [0.4, 0.5) is 0 Å². The summed E-state index contributed by atoms with van der Waals surface area (Å²) < 4.78 is 5.10. The van der Waals surface area contributed by atoms with Crippen molar-refractivity contribution in [2.24, 2.45) is 0 Å². The first kappa shape index (κ1) is 11.7. The number of imidazole rings is 1. The van der Waals surface area contributed by atoms with Crippen molar-refractivity contribution >= 4 is 0 Å². The molecule has 4 heteroatoms. The standard InChI is InChI=1S/C13H16N2O2/c1-3-13(16,12-14-8-9-15-12)10-4-6-11(17-2)7-5-10/h4-9,16H,3H2,1-2H3,(H,14,15)/t13-/m1/s1. The average Bonchev–Trinajstić information content (AvgIpc) is 2.92. The minimum absolute atomic E-state index is 0.548. The summed E-state index contributed by atoms with van der Waals surface area (Å²) in [5.74, 6) is 1.33. The van der Waals surface area contributed by atoms with Gasteiger partial charge in [-0.05, 0) is 24.1 Å². The predicted octanol–water partition coefficient (Wildman–Crippen LogP) is 2.06. The van der Waals surface area contributed by atoms with Crippen LogP contribution in [-0.2, 0) is 5.60 Å². The summed E-state index contributed by atoms with van der Waals surface area (Å²) in [4.78, 5) is 7.10. The minimum atomic E-state index is -1.07. The molecule has 4 nitrogen and oxygen atoms in total. The fourth-order valence-electron chi connectivity index (χ4n) is 1.87. The second kappa shape index (κ2) is 4.59. The van der Waals surface area contributed by atoms with Crippen LogP contribution >= 0.6 is 0 Å². The fraction of sp³-hybridized carbons (Fsp3) is 0.308. The molecule has 17 heavy (non-hydrogen) atoms. The molecule has 2 N–H and O–H groups in total. The van der Waals surface area contributed by atoms with E-state index in [0.29, 0.717) is 12.2 Å². The van der Waals surface area contributed by atoms with Gasteiger partial charge in [0.2, 0.25) is 0 Å². The zero-order chi connectivity index (χ0) is 12.3. The van der Waals surface area contributed by atoms with E-state index in [1.165, 1.54) is 0 Å². The van der Waals surface area contributed by atoms with Crippen LogP contribution in [0.1, 0.15) is 24.7 Å². The molecule has 0 aliphatic carbocycles. The van der Waals surface area contributed by atoms with Crippen LogP contribution in [0.5, 0.6) is 5.75 Å². The molecular weight excluding hydrogens is 216 g/mol. The first-order chi connectivity index (χ1) is 8.20. The number of benzene rings is 1. The van der Waals surface area contributed by atoms with Gasteiger partial charge in [-0.1, -0.05) is 19.1 Å². The topological polar surface area (TPSA) is 58.1 Å². The van der Waals surface area contributed by atoms with Crippen LogP contribution in [0.25, 0.3) is 0 Å². The van der Waals surface area contributed by atoms with Crippen molar-refractivity contribution < 1.29 is 9.84 Å². The Morgan fingerprint density at radius 3 is 2.53 bits per heavy atom. The molecule has 0 amide bonds. The van der Waals surface area contributed by atoms with E-state index in [4.69, 9.17) is 4.74 Å². The van der Waals surface area contributed by atoms with Crippen LogP contribution in [0, 0.1) is 0 Å². The van der Waals surface area contributed by atoms with Gasteiger partial charge in [0.1, 0.15) is 17.2 Å². The molecule has 0 bridgehead atoms. The Hall–Kier alpha value is -1.81. The van der Waals surface area contributed by atoms with E-state index in [1.807, 2.05) is 31.2 Å². The van der Waals surface area contributed by atoms with Gasteiger partial charge in [0.25, 0.3) is 0 Å². The van der Waals surface area contributed by atoms with E-state index < -0.39 is 5.60 Å². The van der Waals surface area contributed by atoms with Crippen LogP contribution in [0.2, 0.25) is 0 Å². The Morgan fingerprint density at radius 2 is 2.06 bits per heavy atom. The third kappa shape index (κ3) is 2.03. The summed E-state index contributed by atoms with van der Waals surface area (Å²) in [5.41, 5.74) is -0.272. The van der Waals surface area contributed by atoms with Crippen molar-refractivity contribution in [2.75, 3.05) is 7.11 Å². The number of rotatable bonds is 4. The monoisotopic (exact) mass is 232 g/mol. The molecule has 1 aromatic carbocycles. The molecule has 1 heterocycles. The number of ether oxygens (including phenoxy) is 1. The number of methoxy groups -OCH3 is 1. The molecule has 0 radical (unpaired) electrons. The van der Waals surface area contributed by atoms with Gasteiger partial charge < -0.3 is 14.8 Å². The Labute approximate surface area is 100 Å². The van der Waals surface area contributed by atoms with E-state index >= 15 is 0 Å². The van der Waals surface area contributed by atoms with Gasteiger partial charge in [0, 0.05) is 12.4 Å². The van der Waals surface area contributed by atoms with Gasteiger partial charge in [0.05, 0.1) is 7.11 Å². The lowest BCUT2D eigenvalue weighted by Gasteiger charge is -2.25. The number of nitrogens with one attached hydrogen (secondary N) is 1. The highest BCUT2D eigenvalue weighted by atomic mass is 16.5. The van der Waals surface area contributed by atoms with Crippen LogP contribution < -0.4 is 4.74 Å². The Balaban J connectivity index is 2.40. The smallest absolute Gasteiger partial charge is 0.147 e. The molecule has 0 saturated carbocycles. The van der Waals surface area contributed by atoms with Crippen LogP contribution in [0.15, 0.2) is 36.7 Å². The molecule has 0 unspecified atom stereocenters.